The van der Waals surface area contributed by atoms with Crippen molar-refractivity contribution in [2.75, 3.05) is 30.6 Å². The molecule has 4 heterocycles. The molecule has 192 valence electrons. The van der Waals surface area contributed by atoms with E-state index in [-0.39, 0.29) is 29.8 Å². The zero-order chi connectivity index (χ0) is 25.4. The summed E-state index contributed by atoms with van der Waals surface area (Å²) in [5.74, 6) is -0.320. The highest BCUT2D eigenvalue weighted by molar-refractivity contribution is 7.92. The molecular formula is C24H29ClN6O4S. The highest BCUT2D eigenvalue weighted by atomic mass is 35.5. The summed E-state index contributed by atoms with van der Waals surface area (Å²) in [6.45, 7) is 3.14. The second kappa shape index (κ2) is 9.97. The van der Waals surface area contributed by atoms with Crippen LogP contribution in [0.25, 0.3) is 5.65 Å². The van der Waals surface area contributed by atoms with Gasteiger partial charge < -0.3 is 10.0 Å². The third-order valence-electron chi connectivity index (χ3n) is 6.68. The Morgan fingerprint density at radius 2 is 1.97 bits per heavy atom. The number of likely N-dealkylation sites (tertiary alicyclic amines) is 2. The van der Waals surface area contributed by atoms with E-state index in [9.17, 15) is 18.3 Å². The van der Waals surface area contributed by atoms with Crippen molar-refractivity contribution >= 4 is 38.9 Å². The van der Waals surface area contributed by atoms with E-state index in [4.69, 9.17) is 21.7 Å². The Kier molecular flexibility index (Phi) is 6.90. The van der Waals surface area contributed by atoms with E-state index >= 15 is 0 Å². The first-order chi connectivity index (χ1) is 17.2. The van der Waals surface area contributed by atoms with Crippen LogP contribution in [0, 0.1) is 0 Å². The molecule has 2 aliphatic heterocycles. The van der Waals surface area contributed by atoms with Gasteiger partial charge in [0.2, 0.25) is 10.0 Å². The lowest BCUT2D eigenvalue weighted by atomic mass is 9.98. The molecule has 2 saturated heterocycles. The number of carbonyl (C=O) groups is 1. The maximum absolute atomic E-state index is 13.7. The number of nitrogens with one attached hydrogen (secondary N) is 1. The number of piperidine rings is 1. The van der Waals surface area contributed by atoms with Crippen molar-refractivity contribution < 1.29 is 18.3 Å². The predicted molar refractivity (Wildman–Crippen MR) is 136 cm³/mol. The first-order valence-electron chi connectivity index (χ1n) is 12.0. The van der Waals surface area contributed by atoms with Gasteiger partial charge in [-0.15, -0.1) is 0 Å². The van der Waals surface area contributed by atoms with Crippen molar-refractivity contribution in [3.05, 3.63) is 58.0 Å². The summed E-state index contributed by atoms with van der Waals surface area (Å²) in [6, 6.07) is 7.96. The van der Waals surface area contributed by atoms with E-state index < -0.39 is 10.0 Å². The molecule has 2 aliphatic rings. The van der Waals surface area contributed by atoms with E-state index in [0.29, 0.717) is 35.0 Å². The molecule has 0 bridgehead atoms. The minimum atomic E-state index is -3.59. The Hall–Kier alpha value is -2.73. The minimum absolute atomic E-state index is 0.177. The molecular weight excluding hydrogens is 504 g/mol. The number of fused-ring (bicyclic) bond motifs is 1. The fourth-order valence-corrected chi connectivity index (χ4v) is 5.61. The van der Waals surface area contributed by atoms with Crippen molar-refractivity contribution in [2.45, 2.75) is 44.9 Å². The van der Waals surface area contributed by atoms with Gasteiger partial charge in [-0.05, 0) is 63.0 Å². The molecule has 2 fully saturated rings. The molecule has 0 radical (unpaired) electrons. The van der Waals surface area contributed by atoms with Crippen LogP contribution in [0.5, 0.6) is 0 Å². The van der Waals surface area contributed by atoms with Gasteiger partial charge in [0.1, 0.15) is 0 Å². The number of aromatic nitrogens is 3. The number of carbonyl (C=O) groups excluding carboxylic acids is 1. The molecule has 2 aromatic heterocycles. The number of hydrogen-bond acceptors (Lipinski definition) is 7. The van der Waals surface area contributed by atoms with Crippen molar-refractivity contribution in [1.29, 1.82) is 0 Å². The van der Waals surface area contributed by atoms with Crippen LogP contribution in [0.3, 0.4) is 0 Å². The smallest absolute Gasteiger partial charge is 0.256 e. The number of benzene rings is 1. The summed E-state index contributed by atoms with van der Waals surface area (Å²) in [6.07, 6.45) is 4.68. The first kappa shape index (κ1) is 24.9. The van der Waals surface area contributed by atoms with Gasteiger partial charge in [-0.25, -0.2) is 17.9 Å². The molecule has 1 amide bonds. The average molecular weight is 533 g/mol. The fourth-order valence-electron chi connectivity index (χ4n) is 4.86. The summed E-state index contributed by atoms with van der Waals surface area (Å²) in [5, 5.41) is 15.1. The predicted octanol–water partition coefficient (Wildman–Crippen LogP) is 2.82. The summed E-state index contributed by atoms with van der Waals surface area (Å²) < 4.78 is 27.8. The molecule has 0 unspecified atom stereocenters. The number of rotatable bonds is 7. The van der Waals surface area contributed by atoms with Crippen LogP contribution < -0.4 is 4.72 Å². The number of nitrogens with zero attached hydrogens (tertiary/aromatic N) is 5. The molecule has 12 heteroatoms. The minimum Gasteiger partial charge on any atom is -0.390 e. The van der Waals surface area contributed by atoms with E-state index in [0.717, 1.165) is 44.4 Å². The summed E-state index contributed by atoms with van der Waals surface area (Å²) in [5.41, 5.74) is 3.22. The maximum Gasteiger partial charge on any atom is 0.256 e. The van der Waals surface area contributed by atoms with Crippen LogP contribution in [-0.4, -0.2) is 69.7 Å². The van der Waals surface area contributed by atoms with Crippen LogP contribution in [0.4, 0.5) is 5.69 Å². The van der Waals surface area contributed by atoms with Crippen molar-refractivity contribution in [1.82, 2.24) is 24.4 Å². The number of halogens is 1. The molecule has 2 N–H and O–H groups in total. The first-order valence-corrected chi connectivity index (χ1v) is 14.3. The molecule has 1 aromatic carbocycles. The second-order valence-corrected chi connectivity index (χ2v) is 11.6. The van der Waals surface area contributed by atoms with Crippen LogP contribution in [-0.2, 0) is 23.2 Å². The summed E-state index contributed by atoms with van der Waals surface area (Å²) >= 11 is 6.18. The van der Waals surface area contributed by atoms with Gasteiger partial charge in [-0.1, -0.05) is 11.6 Å². The van der Waals surface area contributed by atoms with E-state index in [1.807, 2.05) is 12.1 Å². The largest absolute Gasteiger partial charge is 0.390 e. The van der Waals surface area contributed by atoms with Crippen LogP contribution >= 0.6 is 11.6 Å². The zero-order valence-electron chi connectivity index (χ0n) is 20.0. The Morgan fingerprint density at radius 3 is 2.67 bits per heavy atom. The Bertz CT molecular complexity index is 1410. The molecule has 10 nitrogen and oxygen atoms in total. The van der Waals surface area contributed by atoms with Gasteiger partial charge in [0, 0.05) is 24.2 Å². The van der Waals surface area contributed by atoms with Gasteiger partial charge in [0.25, 0.3) is 5.91 Å². The lowest BCUT2D eigenvalue weighted by Crippen LogP contribution is -2.39. The molecule has 0 aliphatic carbocycles. The van der Waals surface area contributed by atoms with E-state index in [1.54, 1.807) is 15.5 Å². The third kappa shape index (κ3) is 5.19. The van der Waals surface area contributed by atoms with Crippen molar-refractivity contribution in [2.24, 2.45) is 0 Å². The summed E-state index contributed by atoms with van der Waals surface area (Å²) in [4.78, 5) is 22.5. The molecule has 0 spiro atoms. The van der Waals surface area contributed by atoms with Crippen molar-refractivity contribution in [3.63, 3.8) is 0 Å². The topological polar surface area (TPSA) is 120 Å². The summed E-state index contributed by atoms with van der Waals surface area (Å²) in [7, 11) is -3.59. The van der Waals surface area contributed by atoms with Crippen LogP contribution in [0.1, 0.15) is 59.2 Å². The SMILES string of the molecule is CS(=O)(=O)Nc1ccc(Cl)cc1C(=O)N1CCCC[C@H]1c1cc2nc(CN3CCC3)cc(CO)n2n1. The highest BCUT2D eigenvalue weighted by Gasteiger charge is 2.32. The van der Waals surface area contributed by atoms with Gasteiger partial charge >= 0.3 is 0 Å². The number of aliphatic hydroxyl groups is 1. The van der Waals surface area contributed by atoms with Crippen LogP contribution in [0.2, 0.25) is 5.02 Å². The highest BCUT2D eigenvalue weighted by Crippen LogP contribution is 2.34. The Labute approximate surface area is 214 Å². The van der Waals surface area contributed by atoms with E-state index in [1.165, 1.54) is 18.6 Å². The molecule has 1 atom stereocenters. The van der Waals surface area contributed by atoms with Gasteiger partial charge in [0.15, 0.2) is 5.65 Å². The Morgan fingerprint density at radius 1 is 1.17 bits per heavy atom. The normalized spacial score (nSPS) is 18.9. The number of hydrogen-bond donors (Lipinski definition) is 2. The van der Waals surface area contributed by atoms with Gasteiger partial charge in [-0.3, -0.25) is 14.4 Å². The standard InChI is InChI=1S/C24H29ClN6O4S/c1-36(34,35)28-20-7-6-16(25)11-19(20)24(33)30-10-3-2-5-22(30)21-13-23-26-17(14-29-8-4-9-29)12-18(15-32)31(23)27-21/h6-7,11-13,22,28,32H,2-5,8-10,14-15H2,1H3/t22-/m0/s1. The Balaban J connectivity index is 1.49. The average Bonchev–Trinajstić information content (AvgIpc) is 3.25. The molecule has 5 rings (SSSR count). The second-order valence-electron chi connectivity index (χ2n) is 9.44. The molecule has 3 aromatic rings. The number of sulfonamides is 1. The maximum atomic E-state index is 13.7. The van der Waals surface area contributed by atoms with Crippen LogP contribution in [0.15, 0.2) is 30.3 Å². The van der Waals surface area contributed by atoms with Gasteiger partial charge in [0.05, 0.1) is 47.2 Å². The monoisotopic (exact) mass is 532 g/mol. The molecule has 0 saturated carbocycles. The number of anilines is 1. The molecule has 36 heavy (non-hydrogen) atoms. The van der Waals surface area contributed by atoms with Crippen molar-refractivity contribution in [3.8, 4) is 0 Å². The van der Waals surface area contributed by atoms with E-state index in [2.05, 4.69) is 9.62 Å². The lowest BCUT2D eigenvalue weighted by molar-refractivity contribution is 0.0606. The quantitative estimate of drug-likeness (QED) is 0.480. The number of amides is 1. The fraction of sp³-hybridized carbons (Fsp3) is 0.458. The lowest BCUT2D eigenvalue weighted by Gasteiger charge is -2.35. The van der Waals surface area contributed by atoms with Gasteiger partial charge in [-0.2, -0.15) is 5.10 Å². The zero-order valence-corrected chi connectivity index (χ0v) is 21.6. The third-order valence-corrected chi connectivity index (χ3v) is 7.51. The number of aliphatic hydroxyl groups excluding tert-OH is 1.